The van der Waals surface area contributed by atoms with E-state index in [0.29, 0.717) is 0 Å². The van der Waals surface area contributed by atoms with E-state index in [1.54, 1.807) is 19.1 Å². The second kappa shape index (κ2) is 6.28. The minimum Gasteiger partial charge on any atom is -0.462 e. The fourth-order valence-corrected chi connectivity index (χ4v) is 2.69. The molecule has 0 aliphatic carbocycles. The van der Waals surface area contributed by atoms with Crippen LogP contribution in [0.1, 0.15) is 17.3 Å². The van der Waals surface area contributed by atoms with Crippen molar-refractivity contribution in [2.45, 2.75) is 6.92 Å². The number of esters is 1. The number of para-hydroxylation sites is 1. The van der Waals surface area contributed by atoms with E-state index in [2.05, 4.69) is 0 Å². The topological polar surface area (TPSA) is 91.3 Å². The molecule has 0 saturated carbocycles. The summed E-state index contributed by atoms with van der Waals surface area (Å²) >= 11 is 0. The molecule has 0 amide bonds. The van der Waals surface area contributed by atoms with Gasteiger partial charge in [-0.1, -0.05) is 12.1 Å². The number of ether oxygens (including phenoxy) is 2. The molecule has 0 unspecified atom stereocenters. The van der Waals surface area contributed by atoms with Gasteiger partial charge in [0.2, 0.25) is 0 Å². The van der Waals surface area contributed by atoms with Gasteiger partial charge >= 0.3 is 19.6 Å². The van der Waals surface area contributed by atoms with Gasteiger partial charge in [0, 0.05) is 0 Å². The highest BCUT2D eigenvalue weighted by Crippen LogP contribution is 2.61. The van der Waals surface area contributed by atoms with Crippen LogP contribution in [0.3, 0.4) is 0 Å². The second-order valence-electron chi connectivity index (χ2n) is 3.77. The van der Waals surface area contributed by atoms with Crippen molar-refractivity contribution in [2.24, 2.45) is 0 Å². The molecule has 1 saturated heterocycles. The molecule has 0 aromatic heterocycles. The summed E-state index contributed by atoms with van der Waals surface area (Å²) < 4.78 is 19.6. The van der Waals surface area contributed by atoms with E-state index in [0.717, 1.165) is 0 Å². The quantitative estimate of drug-likeness (QED) is 0.673. The smallest absolute Gasteiger partial charge is 0.462 e. The van der Waals surface area contributed by atoms with Crippen molar-refractivity contribution in [3.63, 3.8) is 0 Å². The average Bonchev–Trinajstić information content (AvgIpc) is 2.88. The minimum absolute atomic E-state index is 0.0107. The summed E-state index contributed by atoms with van der Waals surface area (Å²) in [6.45, 7) is 2.11. The van der Waals surface area contributed by atoms with Gasteiger partial charge in [0.15, 0.2) is 0 Å². The molecule has 2 rings (SSSR count). The van der Waals surface area contributed by atoms with Gasteiger partial charge in [-0.2, -0.15) is 18.7 Å². The summed E-state index contributed by atoms with van der Waals surface area (Å²) in [5.41, 5.74) is -0.944. The first-order valence-corrected chi connectivity index (χ1v) is 7.54. The van der Waals surface area contributed by atoms with Crippen LogP contribution in [0.2, 0.25) is 0 Å². The predicted octanol–water partition coefficient (Wildman–Crippen LogP) is 2.16. The third-order valence-corrected chi connectivity index (χ3v) is 4.04. The van der Waals surface area contributed by atoms with Crippen LogP contribution in [0.5, 0.6) is 5.75 Å². The maximum atomic E-state index is 11.8. The first kappa shape index (κ1) is 14.9. The normalized spacial score (nSPS) is 16.7. The molecule has 1 aliphatic rings. The zero-order chi connectivity index (χ0) is 14.6. The maximum absolute atomic E-state index is 11.8. The molecule has 1 aromatic carbocycles. The molecule has 20 heavy (non-hydrogen) atoms. The fraction of sp³-hybridized carbons (Fsp3) is 0.333. The van der Waals surface area contributed by atoms with Gasteiger partial charge in [-0.05, 0) is 19.1 Å². The van der Waals surface area contributed by atoms with E-state index < -0.39 is 19.6 Å². The fourth-order valence-electron chi connectivity index (χ4n) is 1.55. The third-order valence-electron chi connectivity index (χ3n) is 2.43. The largest absolute Gasteiger partial charge is 0.551 e. The lowest BCUT2D eigenvalue weighted by atomic mass is 10.2. The average molecular weight is 301 g/mol. The van der Waals surface area contributed by atoms with Gasteiger partial charge in [0.05, 0.1) is 6.61 Å². The Morgan fingerprint density at radius 3 is 2.60 bits per heavy atom. The summed E-state index contributed by atoms with van der Waals surface area (Å²) in [5, 5.41) is 0. The summed E-state index contributed by atoms with van der Waals surface area (Å²) in [6, 6.07) is 6.08. The van der Waals surface area contributed by atoms with E-state index in [4.69, 9.17) is 18.5 Å². The molecule has 0 atom stereocenters. The Morgan fingerprint density at radius 1 is 1.30 bits per heavy atom. The van der Waals surface area contributed by atoms with Gasteiger partial charge in [-0.15, -0.1) is 0 Å². The Kier molecular flexibility index (Phi) is 4.67. The van der Waals surface area contributed by atoms with Crippen molar-refractivity contribution in [3.8, 4) is 5.75 Å². The summed E-state index contributed by atoms with van der Waals surface area (Å²) in [7, 11) is -3.66. The highest BCUT2D eigenvalue weighted by atomic mass is 31.2. The summed E-state index contributed by atoms with van der Waals surface area (Å²) in [6.07, 6.45) is 0. The minimum atomic E-state index is -3.66. The van der Waals surface area contributed by atoms with E-state index in [9.17, 15) is 14.5 Å². The van der Waals surface area contributed by atoms with Crippen molar-refractivity contribution in [1.29, 1.82) is 0 Å². The number of hydrogen-bond acceptors (Lipinski definition) is 7. The van der Waals surface area contributed by atoms with Crippen LogP contribution in [-0.4, -0.2) is 36.4 Å². The Morgan fingerprint density at radius 2 is 1.95 bits per heavy atom. The third kappa shape index (κ3) is 3.13. The van der Waals surface area contributed by atoms with Gasteiger partial charge in [-0.25, -0.2) is 4.79 Å². The molecular weight excluding hydrogens is 287 g/mol. The number of carbonyl (C=O) groups is 2. The standard InChI is InChI=1S/C12H14O7P/c1-2-16-11(13)9-5-3-4-6-10(9)19-12(14)20(15)17-7-8-18-20/h3-6,15H,2,7-8H2,1H3/q+1. The van der Waals surface area contributed by atoms with E-state index in [-0.39, 0.29) is 31.1 Å². The summed E-state index contributed by atoms with van der Waals surface area (Å²) in [4.78, 5) is 33.4. The Labute approximate surface area is 116 Å². The van der Waals surface area contributed by atoms with Crippen LogP contribution >= 0.6 is 7.94 Å². The molecule has 1 aromatic rings. The molecule has 8 heteroatoms. The van der Waals surface area contributed by atoms with Gasteiger partial charge in [0.1, 0.15) is 24.5 Å². The molecule has 7 nitrogen and oxygen atoms in total. The first-order valence-electron chi connectivity index (χ1n) is 5.96. The van der Waals surface area contributed by atoms with Gasteiger partial charge < -0.3 is 9.47 Å². The Hall–Kier alpha value is -1.53. The molecular formula is C12H14O7P+. The van der Waals surface area contributed by atoms with Crippen molar-refractivity contribution in [3.05, 3.63) is 29.8 Å². The molecule has 108 valence electrons. The van der Waals surface area contributed by atoms with E-state index in [1.807, 2.05) is 0 Å². The highest BCUT2D eigenvalue weighted by molar-refractivity contribution is 7.77. The zero-order valence-electron chi connectivity index (χ0n) is 10.8. The lowest BCUT2D eigenvalue weighted by Crippen LogP contribution is -2.15. The van der Waals surface area contributed by atoms with Crippen LogP contribution in [0.4, 0.5) is 4.79 Å². The van der Waals surface area contributed by atoms with Gasteiger partial charge in [0.25, 0.3) is 0 Å². The monoisotopic (exact) mass is 301 g/mol. The molecule has 1 fully saturated rings. The van der Waals surface area contributed by atoms with Crippen LogP contribution in [-0.2, 0) is 13.8 Å². The Bertz CT molecular complexity index is 510. The maximum Gasteiger partial charge on any atom is 0.551 e. The summed E-state index contributed by atoms with van der Waals surface area (Å²) in [5.74, 6) is -0.627. The van der Waals surface area contributed by atoms with E-state index in [1.165, 1.54) is 12.1 Å². The molecule has 0 spiro atoms. The SMILES string of the molecule is CCOC(=O)c1ccccc1OC(=O)[P+]1(O)OCCO1. The van der Waals surface area contributed by atoms with Crippen LogP contribution in [0, 0.1) is 0 Å². The van der Waals surface area contributed by atoms with Crippen molar-refractivity contribution < 1.29 is 33.0 Å². The van der Waals surface area contributed by atoms with Gasteiger partial charge in [-0.3, -0.25) is 0 Å². The van der Waals surface area contributed by atoms with Crippen molar-refractivity contribution in [2.75, 3.05) is 19.8 Å². The Balaban J connectivity index is 2.17. The first-order chi connectivity index (χ1) is 9.57. The lowest BCUT2D eigenvalue weighted by molar-refractivity contribution is 0.0523. The lowest BCUT2D eigenvalue weighted by Gasteiger charge is -2.10. The molecule has 0 radical (unpaired) electrons. The van der Waals surface area contributed by atoms with Crippen molar-refractivity contribution >= 4 is 19.6 Å². The highest BCUT2D eigenvalue weighted by Gasteiger charge is 2.58. The van der Waals surface area contributed by atoms with Crippen molar-refractivity contribution in [1.82, 2.24) is 0 Å². The molecule has 0 bridgehead atoms. The number of benzene rings is 1. The molecule has 1 heterocycles. The van der Waals surface area contributed by atoms with Crippen LogP contribution in [0.15, 0.2) is 24.3 Å². The molecule has 1 N–H and O–H groups in total. The van der Waals surface area contributed by atoms with Crippen LogP contribution < -0.4 is 4.74 Å². The predicted molar refractivity (Wildman–Crippen MR) is 69.5 cm³/mol. The van der Waals surface area contributed by atoms with E-state index >= 15 is 0 Å². The molecule has 1 aliphatic heterocycles. The van der Waals surface area contributed by atoms with Crippen LogP contribution in [0.25, 0.3) is 0 Å². The zero-order valence-corrected chi connectivity index (χ0v) is 11.7. The number of carbonyl (C=O) groups excluding carboxylic acids is 2. The number of hydrogen-bond donors (Lipinski definition) is 1. The number of rotatable bonds is 4. The second-order valence-corrected chi connectivity index (χ2v) is 5.69.